The van der Waals surface area contributed by atoms with Crippen molar-refractivity contribution in [2.45, 2.75) is 37.5 Å². The van der Waals surface area contributed by atoms with Crippen LogP contribution in [0.25, 0.3) is 22.2 Å². The molecule has 0 bridgehead atoms. The minimum Gasteiger partial charge on any atom is -0.396 e. The third-order valence-electron chi connectivity index (χ3n) is 7.29. The summed E-state index contributed by atoms with van der Waals surface area (Å²) in [6, 6.07) is 16.8. The molecular weight excluding hydrogens is 442 g/mol. The van der Waals surface area contributed by atoms with E-state index in [0.717, 1.165) is 28.0 Å². The van der Waals surface area contributed by atoms with Gasteiger partial charge in [-0.1, -0.05) is 36.4 Å². The molecule has 8 nitrogen and oxygen atoms in total. The molecule has 4 aromatic rings. The number of nitrogens with zero attached hydrogens (tertiary/aromatic N) is 5. The lowest BCUT2D eigenvalue weighted by Gasteiger charge is -2.37. The van der Waals surface area contributed by atoms with Crippen LogP contribution in [0.4, 0.5) is 5.95 Å². The fourth-order valence-corrected chi connectivity index (χ4v) is 5.24. The Hall–Kier alpha value is -3.33. The van der Waals surface area contributed by atoms with Gasteiger partial charge in [0, 0.05) is 37.7 Å². The number of piperidine rings is 1. The number of aromatic nitrogens is 4. The second-order valence-electron chi connectivity index (χ2n) is 9.50. The first kappa shape index (κ1) is 22.2. The number of anilines is 1. The van der Waals surface area contributed by atoms with E-state index in [0.29, 0.717) is 51.5 Å². The molecule has 1 atom stereocenters. The third-order valence-corrected chi connectivity index (χ3v) is 7.29. The molecular formula is C27H29N5O3. The lowest BCUT2D eigenvalue weighted by Crippen LogP contribution is -2.45. The van der Waals surface area contributed by atoms with Crippen LogP contribution in [0.2, 0.25) is 0 Å². The Bertz CT molecular complexity index is 1310. The van der Waals surface area contributed by atoms with Crippen molar-refractivity contribution in [2.24, 2.45) is 0 Å². The van der Waals surface area contributed by atoms with Crippen LogP contribution < -0.4 is 4.90 Å². The zero-order chi connectivity index (χ0) is 23.8. The average Bonchev–Trinajstić information content (AvgIpc) is 3.28. The van der Waals surface area contributed by atoms with E-state index in [1.807, 2.05) is 18.5 Å². The van der Waals surface area contributed by atoms with Crippen LogP contribution >= 0.6 is 0 Å². The number of hydrogen-bond acceptors (Lipinski definition) is 7. The van der Waals surface area contributed by atoms with Crippen LogP contribution in [0.15, 0.2) is 60.9 Å². The van der Waals surface area contributed by atoms with Gasteiger partial charge in [-0.25, -0.2) is 15.0 Å². The van der Waals surface area contributed by atoms with Crippen molar-refractivity contribution in [1.82, 2.24) is 19.5 Å². The van der Waals surface area contributed by atoms with Crippen molar-refractivity contribution >= 4 is 17.0 Å². The van der Waals surface area contributed by atoms with E-state index >= 15 is 0 Å². The maximum absolute atomic E-state index is 10.5. The molecule has 2 aliphatic heterocycles. The molecule has 6 rings (SSSR count). The predicted molar refractivity (Wildman–Crippen MR) is 133 cm³/mol. The fourth-order valence-electron chi connectivity index (χ4n) is 5.24. The van der Waals surface area contributed by atoms with Gasteiger partial charge in [-0.3, -0.25) is 0 Å². The van der Waals surface area contributed by atoms with Gasteiger partial charge in [0.1, 0.15) is 12.4 Å². The molecule has 2 N–H and O–H groups in total. The molecule has 0 unspecified atom stereocenters. The summed E-state index contributed by atoms with van der Waals surface area (Å²) in [7, 11) is 0. The highest BCUT2D eigenvalue weighted by Crippen LogP contribution is 2.33. The van der Waals surface area contributed by atoms with E-state index in [1.165, 1.54) is 5.56 Å². The highest BCUT2D eigenvalue weighted by molar-refractivity contribution is 5.83. The molecule has 180 valence electrons. The van der Waals surface area contributed by atoms with Gasteiger partial charge in [0.25, 0.3) is 0 Å². The lowest BCUT2D eigenvalue weighted by molar-refractivity contribution is -0.00554. The van der Waals surface area contributed by atoms with Gasteiger partial charge in [0.2, 0.25) is 5.95 Å². The summed E-state index contributed by atoms with van der Waals surface area (Å²) in [5.74, 6) is 1.61. The summed E-state index contributed by atoms with van der Waals surface area (Å²) in [5.41, 5.74) is 4.45. The van der Waals surface area contributed by atoms with Crippen LogP contribution in [0.5, 0.6) is 0 Å². The van der Waals surface area contributed by atoms with Crippen LogP contribution in [0, 0.1) is 0 Å². The van der Waals surface area contributed by atoms with Gasteiger partial charge in [-0.15, -0.1) is 0 Å². The zero-order valence-corrected chi connectivity index (χ0v) is 19.5. The van der Waals surface area contributed by atoms with Gasteiger partial charge in [-0.2, -0.15) is 0 Å². The molecule has 0 spiro atoms. The summed E-state index contributed by atoms with van der Waals surface area (Å²) in [4.78, 5) is 16.2. The van der Waals surface area contributed by atoms with Gasteiger partial charge >= 0.3 is 0 Å². The van der Waals surface area contributed by atoms with Crippen molar-refractivity contribution in [1.29, 1.82) is 0 Å². The molecule has 4 heterocycles. The van der Waals surface area contributed by atoms with Crippen molar-refractivity contribution in [3.05, 3.63) is 72.3 Å². The molecule has 2 aliphatic rings. The van der Waals surface area contributed by atoms with E-state index < -0.39 is 5.60 Å². The molecule has 0 amide bonds. The Labute approximate surface area is 203 Å². The van der Waals surface area contributed by atoms with Crippen LogP contribution in [-0.4, -0.2) is 61.6 Å². The van der Waals surface area contributed by atoms with E-state index in [9.17, 15) is 10.2 Å². The molecule has 1 saturated heterocycles. The molecule has 0 saturated carbocycles. The maximum Gasteiger partial charge on any atom is 0.225 e. The summed E-state index contributed by atoms with van der Waals surface area (Å²) >= 11 is 0. The SMILES string of the molecule is OCCC1(O)CCN(c2ncc(-c3ccc4nc5n(c4c3)[C@@H](c3ccccc3)COC5)cn2)CC1. The van der Waals surface area contributed by atoms with Crippen molar-refractivity contribution < 1.29 is 14.9 Å². The molecule has 8 heteroatoms. The van der Waals surface area contributed by atoms with Gasteiger partial charge in [0.05, 0.1) is 29.3 Å². The van der Waals surface area contributed by atoms with Gasteiger partial charge in [0.15, 0.2) is 0 Å². The molecule has 1 fully saturated rings. The number of aliphatic hydroxyl groups is 2. The van der Waals surface area contributed by atoms with Crippen LogP contribution in [0.3, 0.4) is 0 Å². The second kappa shape index (κ2) is 9.03. The Balaban J connectivity index is 1.28. The third kappa shape index (κ3) is 4.18. The Morgan fingerprint density at radius 3 is 2.51 bits per heavy atom. The molecule has 35 heavy (non-hydrogen) atoms. The first-order valence-electron chi connectivity index (χ1n) is 12.2. The normalized spacial score (nSPS) is 19.6. The average molecular weight is 472 g/mol. The number of hydrogen-bond donors (Lipinski definition) is 2. The molecule has 2 aromatic heterocycles. The van der Waals surface area contributed by atoms with E-state index in [4.69, 9.17) is 9.72 Å². The minimum absolute atomic E-state index is 0.00551. The number of rotatable bonds is 5. The standard InChI is InChI=1S/C27H29N5O3/c33-13-10-27(34)8-11-31(12-9-27)26-28-15-21(16-29-26)20-6-7-22-23(14-20)32-24(17-35-18-25(32)30-22)19-4-2-1-3-5-19/h1-7,14-16,24,33-34H,8-13,17-18H2/t24-/m1/s1. The van der Waals surface area contributed by atoms with Gasteiger partial charge < -0.3 is 24.4 Å². The summed E-state index contributed by atoms with van der Waals surface area (Å²) in [6.45, 7) is 2.48. The summed E-state index contributed by atoms with van der Waals surface area (Å²) in [6.07, 6.45) is 5.35. The summed E-state index contributed by atoms with van der Waals surface area (Å²) in [5, 5.41) is 19.7. The predicted octanol–water partition coefficient (Wildman–Crippen LogP) is 3.33. The molecule has 0 aliphatic carbocycles. The Kier molecular flexibility index (Phi) is 5.72. The quantitative estimate of drug-likeness (QED) is 0.461. The second-order valence-corrected chi connectivity index (χ2v) is 9.50. The van der Waals surface area contributed by atoms with Crippen molar-refractivity contribution in [2.75, 3.05) is 31.2 Å². The van der Waals surface area contributed by atoms with Gasteiger partial charge in [-0.05, 0) is 42.5 Å². The lowest BCUT2D eigenvalue weighted by atomic mass is 9.89. The van der Waals surface area contributed by atoms with E-state index in [2.05, 4.69) is 61.9 Å². The minimum atomic E-state index is -0.784. The van der Waals surface area contributed by atoms with Crippen molar-refractivity contribution in [3.8, 4) is 11.1 Å². The number of ether oxygens (including phenoxy) is 1. The molecule has 0 radical (unpaired) electrons. The highest BCUT2D eigenvalue weighted by atomic mass is 16.5. The first-order valence-corrected chi connectivity index (χ1v) is 12.2. The topological polar surface area (TPSA) is 96.5 Å². The van der Waals surface area contributed by atoms with Crippen LogP contribution in [0.1, 0.15) is 36.7 Å². The first-order chi connectivity index (χ1) is 17.1. The Morgan fingerprint density at radius 1 is 1.00 bits per heavy atom. The Morgan fingerprint density at radius 2 is 1.77 bits per heavy atom. The smallest absolute Gasteiger partial charge is 0.225 e. The summed E-state index contributed by atoms with van der Waals surface area (Å²) < 4.78 is 8.17. The van der Waals surface area contributed by atoms with Crippen LogP contribution in [-0.2, 0) is 11.3 Å². The number of imidazole rings is 1. The molecule has 2 aromatic carbocycles. The highest BCUT2D eigenvalue weighted by Gasteiger charge is 2.32. The number of fused-ring (bicyclic) bond motifs is 3. The number of aliphatic hydroxyl groups excluding tert-OH is 1. The van der Waals surface area contributed by atoms with Crippen molar-refractivity contribution in [3.63, 3.8) is 0 Å². The van der Waals surface area contributed by atoms with E-state index in [-0.39, 0.29) is 12.6 Å². The number of benzene rings is 2. The monoisotopic (exact) mass is 471 g/mol. The van der Waals surface area contributed by atoms with E-state index in [1.54, 1.807) is 0 Å². The zero-order valence-electron chi connectivity index (χ0n) is 19.5. The largest absolute Gasteiger partial charge is 0.396 e. The fraction of sp³-hybridized carbons (Fsp3) is 0.370. The maximum atomic E-state index is 10.5.